The molecule has 1 aromatic heterocycles. The lowest BCUT2D eigenvalue weighted by atomic mass is 10.0. The summed E-state index contributed by atoms with van der Waals surface area (Å²) in [5.41, 5.74) is 4.29. The molecule has 0 atom stereocenters. The average Bonchev–Trinajstić information content (AvgIpc) is 3.17. The van der Waals surface area contributed by atoms with Crippen LogP contribution in [0.25, 0.3) is 5.69 Å². The van der Waals surface area contributed by atoms with Gasteiger partial charge in [-0.1, -0.05) is 5.92 Å². The molecule has 3 aromatic rings. The zero-order valence-corrected chi connectivity index (χ0v) is 15.7. The van der Waals surface area contributed by atoms with Gasteiger partial charge in [0.05, 0.1) is 49.7 Å². The van der Waals surface area contributed by atoms with Crippen molar-refractivity contribution < 1.29 is 9.47 Å². The monoisotopic (exact) mass is 374 g/mol. The van der Waals surface area contributed by atoms with E-state index in [1.807, 2.05) is 42.2 Å². The zero-order chi connectivity index (χ0) is 19.7. The third kappa shape index (κ3) is 2.93. The summed E-state index contributed by atoms with van der Waals surface area (Å²) in [4.78, 5) is 6.44. The molecule has 0 saturated carbocycles. The van der Waals surface area contributed by atoms with Crippen molar-refractivity contribution in [3.63, 3.8) is 0 Å². The number of ether oxygens (including phenoxy) is 2. The van der Waals surface area contributed by atoms with Gasteiger partial charge in [0.2, 0.25) is 0 Å². The molecule has 2 aromatic carbocycles. The standard InChI is InChI=1S/C20H18N6O2/c1-5-14-6-15-11-21-12-25(19(15)10-20(14)28-4)16-7-17(9-18(8-16)27-3)26-13(2)22-23-24-26/h1,6-10,12H,11H2,2-4H3. The Morgan fingerprint density at radius 3 is 2.57 bits per heavy atom. The highest BCUT2D eigenvalue weighted by Gasteiger charge is 2.20. The van der Waals surface area contributed by atoms with Crippen LogP contribution in [0.3, 0.4) is 0 Å². The SMILES string of the molecule is C#Cc1cc2c(cc1OC)N(c1cc(OC)cc(-n3nnnc3C)c1)C=NC2. The molecule has 140 valence electrons. The number of anilines is 2. The van der Waals surface area contributed by atoms with E-state index < -0.39 is 0 Å². The summed E-state index contributed by atoms with van der Waals surface area (Å²) in [5, 5.41) is 11.7. The third-order valence-electron chi connectivity index (χ3n) is 4.53. The van der Waals surface area contributed by atoms with Crippen molar-refractivity contribution in [2.24, 2.45) is 4.99 Å². The summed E-state index contributed by atoms with van der Waals surface area (Å²) >= 11 is 0. The summed E-state index contributed by atoms with van der Waals surface area (Å²) in [5.74, 6) is 4.65. The average molecular weight is 374 g/mol. The van der Waals surface area contributed by atoms with E-state index in [0.29, 0.717) is 29.4 Å². The van der Waals surface area contributed by atoms with Crippen LogP contribution in [0.4, 0.5) is 11.4 Å². The Morgan fingerprint density at radius 2 is 1.89 bits per heavy atom. The summed E-state index contributed by atoms with van der Waals surface area (Å²) in [7, 11) is 3.23. The van der Waals surface area contributed by atoms with Crippen LogP contribution in [0.1, 0.15) is 17.0 Å². The van der Waals surface area contributed by atoms with Crippen LogP contribution < -0.4 is 14.4 Å². The van der Waals surface area contributed by atoms with Crippen LogP contribution in [0.5, 0.6) is 11.5 Å². The first-order chi connectivity index (χ1) is 13.6. The quantitative estimate of drug-likeness (QED) is 0.654. The largest absolute Gasteiger partial charge is 0.497 e. The molecule has 0 fully saturated rings. The number of rotatable bonds is 4. The second-order valence-corrected chi connectivity index (χ2v) is 6.18. The van der Waals surface area contributed by atoms with Gasteiger partial charge < -0.3 is 14.4 Å². The van der Waals surface area contributed by atoms with Crippen molar-refractivity contribution in [1.29, 1.82) is 0 Å². The fourth-order valence-electron chi connectivity index (χ4n) is 3.15. The van der Waals surface area contributed by atoms with Crippen molar-refractivity contribution in [2.75, 3.05) is 19.1 Å². The lowest BCUT2D eigenvalue weighted by molar-refractivity contribution is 0.413. The van der Waals surface area contributed by atoms with Gasteiger partial charge in [0.25, 0.3) is 0 Å². The fraction of sp³-hybridized carbons (Fsp3) is 0.200. The second kappa shape index (κ2) is 7.04. The van der Waals surface area contributed by atoms with Crippen LogP contribution in [-0.2, 0) is 6.54 Å². The number of aromatic nitrogens is 4. The van der Waals surface area contributed by atoms with Gasteiger partial charge in [-0.25, -0.2) is 0 Å². The Bertz CT molecular complexity index is 1110. The molecule has 0 bridgehead atoms. The van der Waals surface area contributed by atoms with E-state index in [4.69, 9.17) is 15.9 Å². The molecule has 0 spiro atoms. The molecule has 0 saturated heterocycles. The predicted octanol–water partition coefficient (Wildman–Crippen LogP) is 2.65. The number of tetrazole rings is 1. The highest BCUT2D eigenvalue weighted by Crippen LogP contribution is 2.37. The topological polar surface area (TPSA) is 77.7 Å². The maximum atomic E-state index is 5.61. The van der Waals surface area contributed by atoms with Crippen LogP contribution in [0.2, 0.25) is 0 Å². The summed E-state index contributed by atoms with van der Waals surface area (Å²) < 4.78 is 12.6. The Labute approximate surface area is 162 Å². The Kier molecular flexibility index (Phi) is 4.41. The van der Waals surface area contributed by atoms with E-state index in [1.54, 1.807) is 25.2 Å². The molecule has 4 rings (SSSR count). The van der Waals surface area contributed by atoms with Gasteiger partial charge in [-0.15, -0.1) is 11.5 Å². The number of hydrogen-bond donors (Lipinski definition) is 0. The maximum Gasteiger partial charge on any atom is 0.153 e. The minimum absolute atomic E-state index is 0.549. The summed E-state index contributed by atoms with van der Waals surface area (Å²) in [6, 6.07) is 9.62. The van der Waals surface area contributed by atoms with E-state index in [-0.39, 0.29) is 0 Å². The molecule has 0 radical (unpaired) electrons. The smallest absolute Gasteiger partial charge is 0.153 e. The maximum absolute atomic E-state index is 5.61. The Morgan fingerprint density at radius 1 is 1.07 bits per heavy atom. The van der Waals surface area contributed by atoms with Gasteiger partial charge in [0.1, 0.15) is 11.5 Å². The van der Waals surface area contributed by atoms with Crippen LogP contribution in [-0.4, -0.2) is 40.8 Å². The molecule has 1 aliphatic heterocycles. The van der Waals surface area contributed by atoms with Crippen molar-refractivity contribution in [3.8, 4) is 29.5 Å². The minimum Gasteiger partial charge on any atom is -0.497 e. The van der Waals surface area contributed by atoms with E-state index >= 15 is 0 Å². The molecule has 8 heteroatoms. The molecule has 0 unspecified atom stereocenters. The second-order valence-electron chi connectivity index (χ2n) is 6.18. The summed E-state index contributed by atoms with van der Waals surface area (Å²) in [6.45, 7) is 2.39. The Balaban J connectivity index is 1.86. The lowest BCUT2D eigenvalue weighted by Crippen LogP contribution is -2.20. The highest BCUT2D eigenvalue weighted by atomic mass is 16.5. The number of terminal acetylenes is 1. The first-order valence-corrected chi connectivity index (χ1v) is 8.55. The Hall–Kier alpha value is -3.86. The van der Waals surface area contributed by atoms with E-state index in [0.717, 1.165) is 22.6 Å². The highest BCUT2D eigenvalue weighted by molar-refractivity contribution is 5.93. The van der Waals surface area contributed by atoms with E-state index in [2.05, 4.69) is 26.4 Å². The molecular weight excluding hydrogens is 356 g/mol. The molecule has 0 amide bonds. The first kappa shape index (κ1) is 17.5. The number of benzene rings is 2. The number of hydrogen-bond acceptors (Lipinski definition) is 7. The van der Waals surface area contributed by atoms with Gasteiger partial charge in [-0.3, -0.25) is 4.99 Å². The molecule has 0 aliphatic carbocycles. The van der Waals surface area contributed by atoms with E-state index in [9.17, 15) is 0 Å². The van der Waals surface area contributed by atoms with Gasteiger partial charge in [0.15, 0.2) is 5.82 Å². The van der Waals surface area contributed by atoms with Gasteiger partial charge >= 0.3 is 0 Å². The van der Waals surface area contributed by atoms with Crippen LogP contribution in [0, 0.1) is 19.3 Å². The minimum atomic E-state index is 0.549. The van der Waals surface area contributed by atoms with Gasteiger partial charge in [-0.05, 0) is 35.0 Å². The molecule has 1 aliphatic rings. The number of nitrogens with zero attached hydrogens (tertiary/aromatic N) is 6. The lowest BCUT2D eigenvalue weighted by Gasteiger charge is -2.27. The number of methoxy groups -OCH3 is 2. The molecule has 2 heterocycles. The zero-order valence-electron chi connectivity index (χ0n) is 15.7. The van der Waals surface area contributed by atoms with Crippen molar-refractivity contribution >= 4 is 17.7 Å². The fourth-order valence-corrected chi connectivity index (χ4v) is 3.15. The number of aryl methyl sites for hydroxylation is 1. The molecule has 0 N–H and O–H groups in total. The van der Waals surface area contributed by atoms with Gasteiger partial charge in [-0.2, -0.15) is 4.68 Å². The number of fused-ring (bicyclic) bond motifs is 1. The van der Waals surface area contributed by atoms with E-state index in [1.165, 1.54) is 0 Å². The van der Waals surface area contributed by atoms with Crippen molar-refractivity contribution in [1.82, 2.24) is 20.2 Å². The van der Waals surface area contributed by atoms with Crippen molar-refractivity contribution in [2.45, 2.75) is 13.5 Å². The van der Waals surface area contributed by atoms with Gasteiger partial charge in [0, 0.05) is 18.2 Å². The third-order valence-corrected chi connectivity index (χ3v) is 4.53. The van der Waals surface area contributed by atoms with Crippen molar-refractivity contribution in [3.05, 3.63) is 47.3 Å². The summed E-state index contributed by atoms with van der Waals surface area (Å²) in [6.07, 6.45) is 7.39. The normalized spacial score (nSPS) is 12.4. The van der Waals surface area contributed by atoms with Crippen LogP contribution >= 0.6 is 0 Å². The molecule has 8 nitrogen and oxygen atoms in total. The predicted molar refractivity (Wildman–Crippen MR) is 106 cm³/mol. The first-order valence-electron chi connectivity index (χ1n) is 8.55. The molecule has 28 heavy (non-hydrogen) atoms. The molecular formula is C20H18N6O2. The number of aliphatic imine (C=N–C) groups is 1. The van der Waals surface area contributed by atoms with Crippen LogP contribution in [0.15, 0.2) is 35.3 Å².